The fraction of sp³-hybridized carbons (Fsp3) is 0.902. The first-order chi connectivity index (χ1) is 28.8. The molecule has 0 radical (unpaired) electrons. The molecule has 19 atom stereocenters. The number of carboxylic acids is 1. The van der Waals surface area contributed by atoms with Gasteiger partial charge in [-0.15, -0.1) is 0 Å². The second-order valence-corrected chi connectivity index (χ2v) is 17.1. The summed E-state index contributed by atoms with van der Waals surface area (Å²) in [5.74, 6) is -5.51. The molecule has 3 saturated heterocycles. The van der Waals surface area contributed by atoms with E-state index in [1.807, 2.05) is 20.8 Å². The Kier molecular flexibility index (Phi) is 22.3. The molecule has 10 N–H and O–H groups in total. The van der Waals surface area contributed by atoms with Gasteiger partial charge in [0.2, 0.25) is 0 Å². The number of rotatable bonds is 25. The van der Waals surface area contributed by atoms with E-state index < -0.39 is 147 Å². The maximum absolute atomic E-state index is 12.4. The molecule has 20 heteroatoms. The molecule has 0 bridgehead atoms. The maximum Gasteiger partial charge on any atom is 0.333 e. The minimum absolute atomic E-state index is 0.0497. The second-order valence-electron chi connectivity index (χ2n) is 17.1. The summed E-state index contributed by atoms with van der Waals surface area (Å²) in [6.07, 6.45) is -16.9. The molecule has 0 aromatic heterocycles. The first-order valence-electron chi connectivity index (χ1n) is 21.2. The zero-order valence-electron chi connectivity index (χ0n) is 36.1. The molecule has 0 aromatic rings. The fourth-order valence-electron chi connectivity index (χ4n) is 8.05. The number of carbonyl (C=O) groups is 2. The molecular weight excluding hydrogens is 812 g/mol. The van der Waals surface area contributed by atoms with E-state index in [1.165, 1.54) is 6.92 Å². The van der Waals surface area contributed by atoms with Crippen LogP contribution in [0.2, 0.25) is 0 Å². The summed E-state index contributed by atoms with van der Waals surface area (Å²) in [4.78, 5) is 24.3. The van der Waals surface area contributed by atoms with Crippen LogP contribution in [0, 0.1) is 29.6 Å². The van der Waals surface area contributed by atoms with Crippen LogP contribution in [0.5, 0.6) is 0 Å². The number of esters is 1. The first kappa shape index (κ1) is 53.4. The molecule has 0 aliphatic carbocycles. The number of hydrogen-bond acceptors (Lipinski definition) is 19. The van der Waals surface area contributed by atoms with Gasteiger partial charge in [0, 0.05) is 35.9 Å². The zero-order valence-corrected chi connectivity index (χ0v) is 36.1. The predicted molar refractivity (Wildman–Crippen MR) is 212 cm³/mol. The molecule has 61 heavy (non-hydrogen) atoms. The van der Waals surface area contributed by atoms with Crippen LogP contribution in [-0.4, -0.2) is 214 Å². The molecule has 356 valence electrons. The van der Waals surface area contributed by atoms with Crippen LogP contribution in [-0.2, 0) is 47.5 Å². The highest BCUT2D eigenvalue weighted by Crippen LogP contribution is 2.32. The van der Waals surface area contributed by atoms with Gasteiger partial charge < -0.3 is 89.0 Å². The van der Waals surface area contributed by atoms with E-state index in [4.69, 9.17) is 37.9 Å². The Bertz CT molecular complexity index is 1320. The lowest BCUT2D eigenvalue weighted by molar-refractivity contribution is -0.245. The summed E-state index contributed by atoms with van der Waals surface area (Å²) in [5, 5.41) is 106. The summed E-state index contributed by atoms with van der Waals surface area (Å²) in [5.41, 5.74) is 0.179. The monoisotopic (exact) mass is 884 g/mol. The van der Waals surface area contributed by atoms with Crippen LogP contribution in [0.4, 0.5) is 0 Å². The van der Waals surface area contributed by atoms with Crippen molar-refractivity contribution in [3.63, 3.8) is 0 Å². The Morgan fingerprint density at radius 2 is 1.25 bits per heavy atom. The van der Waals surface area contributed by atoms with Gasteiger partial charge in [0.15, 0.2) is 6.10 Å². The van der Waals surface area contributed by atoms with Crippen molar-refractivity contribution in [2.75, 3.05) is 59.5 Å². The minimum Gasteiger partial charge on any atom is -0.479 e. The third-order valence-electron chi connectivity index (χ3n) is 11.7. The number of aliphatic hydroxyl groups is 9. The molecule has 0 amide bonds. The van der Waals surface area contributed by atoms with Crippen molar-refractivity contribution >= 4 is 11.9 Å². The number of carbonyl (C=O) groups excluding carboxylic acids is 1. The first-order valence-corrected chi connectivity index (χ1v) is 21.2. The van der Waals surface area contributed by atoms with Gasteiger partial charge in [-0.2, -0.15) is 0 Å². The lowest BCUT2D eigenvalue weighted by Crippen LogP contribution is -2.60. The molecule has 0 aromatic carbocycles. The van der Waals surface area contributed by atoms with E-state index in [2.05, 4.69) is 6.58 Å². The summed E-state index contributed by atoms with van der Waals surface area (Å²) in [6.45, 7) is 11.0. The number of aliphatic hydroxyl groups excluding tert-OH is 9. The quantitative estimate of drug-likeness (QED) is 0.0343. The Morgan fingerprint density at radius 1 is 0.705 bits per heavy atom. The average molecular weight is 885 g/mol. The van der Waals surface area contributed by atoms with E-state index in [0.717, 1.165) is 0 Å². The van der Waals surface area contributed by atoms with Crippen LogP contribution in [0.25, 0.3) is 0 Å². The summed E-state index contributed by atoms with van der Waals surface area (Å²) in [7, 11) is 0. The Balaban J connectivity index is 1.57. The Morgan fingerprint density at radius 3 is 1.79 bits per heavy atom. The Hall–Kier alpha value is -1.96. The number of carboxylic acid groups (broad SMARTS) is 1. The van der Waals surface area contributed by atoms with Crippen LogP contribution in [0.15, 0.2) is 12.2 Å². The molecule has 3 rings (SSSR count). The van der Waals surface area contributed by atoms with Gasteiger partial charge in [-0.25, -0.2) is 9.59 Å². The largest absolute Gasteiger partial charge is 0.479 e. The number of aliphatic carboxylic acids is 1. The molecule has 0 spiro atoms. The van der Waals surface area contributed by atoms with Gasteiger partial charge in [0.05, 0.1) is 95.1 Å². The van der Waals surface area contributed by atoms with Crippen LogP contribution < -0.4 is 0 Å². The van der Waals surface area contributed by atoms with Gasteiger partial charge in [-0.1, -0.05) is 27.4 Å². The van der Waals surface area contributed by atoms with Crippen LogP contribution in [0.1, 0.15) is 54.4 Å². The Labute approximate surface area is 357 Å². The van der Waals surface area contributed by atoms with Gasteiger partial charge in [-0.05, 0) is 39.5 Å². The highest BCUT2D eigenvalue weighted by atomic mass is 16.6. The number of hydrogen-bond donors (Lipinski definition) is 10. The summed E-state index contributed by atoms with van der Waals surface area (Å²) in [6, 6.07) is 0. The zero-order chi connectivity index (χ0) is 45.7. The highest BCUT2D eigenvalue weighted by Gasteiger charge is 2.49. The molecule has 0 saturated carbocycles. The van der Waals surface area contributed by atoms with E-state index in [9.17, 15) is 60.7 Å². The van der Waals surface area contributed by atoms with Crippen molar-refractivity contribution in [3.8, 4) is 0 Å². The summed E-state index contributed by atoms with van der Waals surface area (Å²) >= 11 is 0. The molecule has 20 nitrogen and oxygen atoms in total. The van der Waals surface area contributed by atoms with Crippen molar-refractivity contribution in [2.45, 2.75) is 146 Å². The van der Waals surface area contributed by atoms with E-state index in [1.54, 1.807) is 13.8 Å². The van der Waals surface area contributed by atoms with Gasteiger partial charge in [-0.3, -0.25) is 0 Å². The standard InChI is InChI=1S/C41H72O20/c1-8-27-36(48)33(45)24(22(7)59-27)13-54-17-30-37(49)34(46)25(28(11-43)60-30)14-55-18-31-38(50)35(47)26(39(61-31)40(51)52)15-56-16-29(32(44)23(10-42)9-19(2)3)58-21(6)12-57-41(53)20(4)5/h19,21-39,42-50H,4,8-18H2,1-3,5-7H3,(H,51,52)/t21?,22?,23-,24?,25?,26?,27?,28?,29?,30?,31?,32?,33?,34?,35?,36?,37?,38?,39?/m1/s1. The van der Waals surface area contributed by atoms with Gasteiger partial charge in [0.25, 0.3) is 0 Å². The maximum atomic E-state index is 12.4. The van der Waals surface area contributed by atoms with Gasteiger partial charge >= 0.3 is 11.9 Å². The molecular formula is C41H72O20. The van der Waals surface area contributed by atoms with E-state index in [0.29, 0.717) is 12.8 Å². The summed E-state index contributed by atoms with van der Waals surface area (Å²) < 4.78 is 45.7. The molecule has 18 unspecified atom stereocenters. The van der Waals surface area contributed by atoms with E-state index in [-0.39, 0.29) is 51.1 Å². The van der Waals surface area contributed by atoms with E-state index >= 15 is 0 Å². The molecule has 3 heterocycles. The predicted octanol–water partition coefficient (Wildman–Crippen LogP) is -2.23. The van der Waals surface area contributed by atoms with Crippen molar-refractivity contribution in [1.82, 2.24) is 0 Å². The lowest BCUT2D eigenvalue weighted by atomic mass is 9.86. The third kappa shape index (κ3) is 14.8. The van der Waals surface area contributed by atoms with Crippen molar-refractivity contribution in [1.29, 1.82) is 0 Å². The van der Waals surface area contributed by atoms with Crippen LogP contribution >= 0.6 is 0 Å². The SMILES string of the molecule is C=C(C)C(=O)OCC(C)OC(COCC1C(C(=O)O)OC(COCC2C(CO)OC(COCC3C(C)OC(CC)C(O)C3O)C(O)C2O)C(O)C1O)C(O)[C@@H](CO)CC(C)C. The minimum atomic E-state index is -1.70. The van der Waals surface area contributed by atoms with Gasteiger partial charge in [0.1, 0.15) is 43.2 Å². The number of ether oxygens (including phenoxy) is 8. The highest BCUT2D eigenvalue weighted by molar-refractivity contribution is 5.86. The fourth-order valence-corrected chi connectivity index (χ4v) is 8.05. The third-order valence-corrected chi connectivity index (χ3v) is 11.7. The van der Waals surface area contributed by atoms with Crippen molar-refractivity contribution in [2.24, 2.45) is 29.6 Å². The average Bonchev–Trinajstić information content (AvgIpc) is 3.21. The second kappa shape index (κ2) is 25.5. The molecule has 3 aliphatic rings. The molecule has 3 fully saturated rings. The van der Waals surface area contributed by atoms with Crippen LogP contribution in [0.3, 0.4) is 0 Å². The van der Waals surface area contributed by atoms with Crippen molar-refractivity contribution < 1.29 is 98.5 Å². The topological polar surface area (TPSA) is 310 Å². The normalized spacial score (nSPS) is 36.6. The lowest BCUT2D eigenvalue weighted by Gasteiger charge is -2.44. The molecule has 3 aliphatic heterocycles. The smallest absolute Gasteiger partial charge is 0.333 e. The van der Waals surface area contributed by atoms with Crippen molar-refractivity contribution in [3.05, 3.63) is 12.2 Å².